The van der Waals surface area contributed by atoms with Crippen LogP contribution in [0, 0.1) is 6.07 Å². The summed E-state index contributed by atoms with van der Waals surface area (Å²) in [4.78, 5) is 0. The van der Waals surface area contributed by atoms with E-state index in [4.69, 9.17) is 0 Å². The van der Waals surface area contributed by atoms with Crippen LogP contribution in [0.25, 0.3) is 0 Å². The molecule has 1 rings (SSSR count). The highest BCUT2D eigenvalue weighted by atomic mass is 79.9. The number of benzene rings is 1. The smallest absolute Gasteiger partial charge is 0.0292 e. The maximum atomic E-state index is 3.47. The summed E-state index contributed by atoms with van der Waals surface area (Å²) in [6.45, 7) is 6.67. The van der Waals surface area contributed by atoms with Gasteiger partial charge in [-0.1, -0.05) is 54.9 Å². The zero-order valence-electron chi connectivity index (χ0n) is 7.82. The van der Waals surface area contributed by atoms with Crippen molar-refractivity contribution in [2.45, 2.75) is 31.5 Å². The molecule has 1 aromatic carbocycles. The van der Waals surface area contributed by atoms with Crippen LogP contribution in [-0.2, 0) is 10.7 Å². The molecule has 0 aliphatic heterocycles. The molecule has 0 saturated carbocycles. The van der Waals surface area contributed by atoms with E-state index in [1.807, 2.05) is 12.1 Å². The quantitative estimate of drug-likeness (QED) is 0.641. The zero-order chi connectivity index (χ0) is 9.19. The Labute approximate surface area is 83.1 Å². The second kappa shape index (κ2) is 3.61. The largest absolute Gasteiger partial charge is 0.0876 e. The third kappa shape index (κ3) is 2.10. The predicted molar refractivity (Wildman–Crippen MR) is 56.6 cm³/mol. The molecule has 0 unspecified atom stereocenters. The summed E-state index contributed by atoms with van der Waals surface area (Å²) in [6, 6.07) is 9.43. The summed E-state index contributed by atoms with van der Waals surface area (Å²) in [5.74, 6) is 0. The first-order valence-electron chi connectivity index (χ1n) is 4.11. The van der Waals surface area contributed by atoms with Crippen molar-refractivity contribution < 1.29 is 0 Å². The molecule has 0 spiro atoms. The van der Waals surface area contributed by atoms with Gasteiger partial charge in [0.25, 0.3) is 0 Å². The number of hydrogen-bond acceptors (Lipinski definition) is 0. The molecule has 1 aromatic rings. The van der Waals surface area contributed by atoms with Crippen molar-refractivity contribution in [3.8, 4) is 0 Å². The van der Waals surface area contributed by atoms with Gasteiger partial charge in [-0.25, -0.2) is 0 Å². The first-order chi connectivity index (χ1) is 5.55. The fourth-order valence-corrected chi connectivity index (χ4v) is 1.75. The van der Waals surface area contributed by atoms with Gasteiger partial charge >= 0.3 is 0 Å². The van der Waals surface area contributed by atoms with Gasteiger partial charge in [0.1, 0.15) is 0 Å². The molecule has 0 aliphatic carbocycles. The van der Waals surface area contributed by atoms with Crippen LogP contribution in [0.15, 0.2) is 18.2 Å². The first-order valence-corrected chi connectivity index (χ1v) is 5.24. The van der Waals surface area contributed by atoms with Crippen LogP contribution < -0.4 is 0 Å². The molecule has 0 heterocycles. The van der Waals surface area contributed by atoms with Gasteiger partial charge in [-0.2, -0.15) is 0 Å². The number of rotatable bonds is 1. The molecule has 0 amide bonds. The Kier molecular flexibility index (Phi) is 2.94. The molecule has 1 radical (unpaired) electrons. The maximum Gasteiger partial charge on any atom is 0.0292 e. The molecule has 0 atom stereocenters. The number of hydrogen-bond donors (Lipinski definition) is 0. The van der Waals surface area contributed by atoms with Crippen molar-refractivity contribution in [1.82, 2.24) is 0 Å². The SMILES string of the molecule is CC(C)(C)c1ccc[c]c1CBr. The molecule has 1 heteroatoms. The van der Waals surface area contributed by atoms with Gasteiger partial charge in [0, 0.05) is 5.33 Å². The van der Waals surface area contributed by atoms with Crippen molar-refractivity contribution >= 4 is 15.9 Å². The number of halogens is 1. The molecule has 0 saturated heterocycles. The molecule has 0 bridgehead atoms. The maximum absolute atomic E-state index is 3.47. The average Bonchev–Trinajstić information content (AvgIpc) is 2.03. The molecule has 0 aliphatic rings. The Bertz CT molecular complexity index is 258. The minimum atomic E-state index is 0.223. The second-order valence-corrected chi connectivity index (χ2v) is 4.51. The third-order valence-corrected chi connectivity index (χ3v) is 2.44. The Morgan fingerprint density at radius 3 is 2.50 bits per heavy atom. The van der Waals surface area contributed by atoms with E-state index >= 15 is 0 Å². The normalized spacial score (nSPS) is 11.7. The highest BCUT2D eigenvalue weighted by Crippen LogP contribution is 2.26. The minimum Gasteiger partial charge on any atom is -0.0876 e. The first kappa shape index (κ1) is 9.79. The van der Waals surface area contributed by atoms with E-state index in [1.165, 1.54) is 11.1 Å². The summed E-state index contributed by atoms with van der Waals surface area (Å²) in [5, 5.41) is 0.889. The van der Waals surface area contributed by atoms with Crippen LogP contribution >= 0.6 is 15.9 Å². The van der Waals surface area contributed by atoms with E-state index in [-0.39, 0.29) is 5.41 Å². The fourth-order valence-electron chi connectivity index (χ4n) is 1.28. The Hall–Kier alpha value is -0.300. The monoisotopic (exact) mass is 225 g/mol. The lowest BCUT2D eigenvalue weighted by molar-refractivity contribution is 0.585. The summed E-state index contributed by atoms with van der Waals surface area (Å²) in [6.07, 6.45) is 0. The Morgan fingerprint density at radius 2 is 2.08 bits per heavy atom. The molecule has 12 heavy (non-hydrogen) atoms. The van der Waals surface area contributed by atoms with Crippen LogP contribution in [0.1, 0.15) is 31.9 Å². The molecule has 0 N–H and O–H groups in total. The lowest BCUT2D eigenvalue weighted by atomic mass is 9.84. The Balaban J connectivity index is 3.14. The van der Waals surface area contributed by atoms with Crippen molar-refractivity contribution in [1.29, 1.82) is 0 Å². The molecular weight excluding hydrogens is 212 g/mol. The van der Waals surface area contributed by atoms with Crippen molar-refractivity contribution in [2.75, 3.05) is 0 Å². The van der Waals surface area contributed by atoms with Gasteiger partial charge in [0.05, 0.1) is 0 Å². The van der Waals surface area contributed by atoms with Gasteiger partial charge in [-0.3, -0.25) is 0 Å². The van der Waals surface area contributed by atoms with Crippen LogP contribution in [0.3, 0.4) is 0 Å². The molecule has 65 valence electrons. The molecule has 0 aromatic heterocycles. The minimum absolute atomic E-state index is 0.223. The molecule has 0 fully saturated rings. The van der Waals surface area contributed by atoms with Crippen LogP contribution in [-0.4, -0.2) is 0 Å². The topological polar surface area (TPSA) is 0 Å². The number of alkyl halides is 1. The van der Waals surface area contributed by atoms with E-state index in [2.05, 4.69) is 48.8 Å². The predicted octanol–water partition coefficient (Wildman–Crippen LogP) is 3.68. The summed E-state index contributed by atoms with van der Waals surface area (Å²) < 4.78 is 0. The standard InChI is InChI=1S/C11H14Br/c1-11(2,3)10-7-5-4-6-9(10)8-12/h4-5,7H,8H2,1-3H3. The van der Waals surface area contributed by atoms with E-state index in [9.17, 15) is 0 Å². The highest BCUT2D eigenvalue weighted by molar-refractivity contribution is 9.08. The van der Waals surface area contributed by atoms with Gasteiger partial charge in [-0.15, -0.1) is 0 Å². The average molecular weight is 226 g/mol. The van der Waals surface area contributed by atoms with E-state index in [0.29, 0.717) is 0 Å². The lowest BCUT2D eigenvalue weighted by Crippen LogP contribution is -2.13. The molecule has 0 nitrogen and oxygen atoms in total. The van der Waals surface area contributed by atoms with Crippen molar-refractivity contribution in [2.24, 2.45) is 0 Å². The zero-order valence-corrected chi connectivity index (χ0v) is 9.40. The summed E-state index contributed by atoms with van der Waals surface area (Å²) in [5.41, 5.74) is 2.87. The van der Waals surface area contributed by atoms with Gasteiger partial charge in [-0.05, 0) is 22.6 Å². The van der Waals surface area contributed by atoms with E-state index in [0.717, 1.165) is 5.33 Å². The second-order valence-electron chi connectivity index (χ2n) is 3.95. The molecular formula is C11H14Br. The van der Waals surface area contributed by atoms with Crippen molar-refractivity contribution in [3.05, 3.63) is 35.4 Å². The summed E-state index contributed by atoms with van der Waals surface area (Å²) in [7, 11) is 0. The lowest BCUT2D eigenvalue weighted by Gasteiger charge is -2.21. The van der Waals surface area contributed by atoms with E-state index in [1.54, 1.807) is 0 Å². The summed E-state index contributed by atoms with van der Waals surface area (Å²) >= 11 is 3.47. The van der Waals surface area contributed by atoms with E-state index < -0.39 is 0 Å². The Morgan fingerprint density at radius 1 is 1.42 bits per heavy atom. The van der Waals surface area contributed by atoms with Crippen LogP contribution in [0.5, 0.6) is 0 Å². The van der Waals surface area contributed by atoms with Crippen molar-refractivity contribution in [3.63, 3.8) is 0 Å². The van der Waals surface area contributed by atoms with Gasteiger partial charge in [0.15, 0.2) is 0 Å². The van der Waals surface area contributed by atoms with Gasteiger partial charge < -0.3 is 0 Å². The van der Waals surface area contributed by atoms with Crippen LogP contribution in [0.4, 0.5) is 0 Å². The third-order valence-electron chi connectivity index (χ3n) is 1.88. The fraction of sp³-hybridized carbons (Fsp3) is 0.455. The highest BCUT2D eigenvalue weighted by Gasteiger charge is 2.16. The van der Waals surface area contributed by atoms with Gasteiger partial charge in [0.2, 0.25) is 0 Å². The van der Waals surface area contributed by atoms with Crippen LogP contribution in [0.2, 0.25) is 0 Å².